The summed E-state index contributed by atoms with van der Waals surface area (Å²) in [5, 5.41) is 2.36. The van der Waals surface area contributed by atoms with E-state index in [0.29, 0.717) is 13.1 Å². The van der Waals surface area contributed by atoms with Crippen LogP contribution in [-0.4, -0.2) is 44.7 Å². The second-order valence-electron chi connectivity index (χ2n) is 8.30. The molecule has 31 heavy (non-hydrogen) atoms. The van der Waals surface area contributed by atoms with Crippen LogP contribution in [0.25, 0.3) is 21.9 Å². The van der Waals surface area contributed by atoms with Gasteiger partial charge in [-0.05, 0) is 52.9 Å². The van der Waals surface area contributed by atoms with Crippen molar-refractivity contribution < 1.29 is 18.3 Å². The minimum absolute atomic E-state index is 0.0565. The second kappa shape index (κ2) is 8.83. The third-order valence-corrected chi connectivity index (χ3v) is 6.28. The number of alkyl halides is 2. The van der Waals surface area contributed by atoms with Gasteiger partial charge >= 0.3 is 0 Å². The van der Waals surface area contributed by atoms with Gasteiger partial charge in [0.2, 0.25) is 0 Å². The predicted molar refractivity (Wildman–Crippen MR) is 122 cm³/mol. The molecule has 3 aromatic rings. The maximum atomic E-state index is 13.4. The first-order valence-electron chi connectivity index (χ1n) is 10.8. The molecule has 0 saturated carbocycles. The lowest BCUT2D eigenvalue weighted by Crippen LogP contribution is -2.40. The van der Waals surface area contributed by atoms with Crippen LogP contribution in [0.1, 0.15) is 24.0 Å². The first kappa shape index (κ1) is 21.6. The summed E-state index contributed by atoms with van der Waals surface area (Å²) in [6, 6.07) is 16.7. The van der Waals surface area contributed by atoms with E-state index in [0.717, 1.165) is 46.5 Å². The largest absolute Gasteiger partial charge is 0.496 e. The summed E-state index contributed by atoms with van der Waals surface area (Å²) in [6.45, 7) is 3.73. The molecule has 0 bridgehead atoms. The molecular weight excluding hydrogens is 396 g/mol. The maximum Gasteiger partial charge on any atom is 0.250 e. The van der Waals surface area contributed by atoms with Crippen LogP contribution in [0.4, 0.5) is 8.78 Å². The van der Waals surface area contributed by atoms with Crippen molar-refractivity contribution in [3.8, 4) is 22.6 Å². The van der Waals surface area contributed by atoms with E-state index in [4.69, 9.17) is 9.47 Å². The van der Waals surface area contributed by atoms with Crippen LogP contribution < -0.4 is 9.47 Å². The molecule has 0 amide bonds. The summed E-state index contributed by atoms with van der Waals surface area (Å²) in [4.78, 5) is 2.11. The van der Waals surface area contributed by atoms with Gasteiger partial charge in [0.05, 0.1) is 19.8 Å². The van der Waals surface area contributed by atoms with E-state index in [2.05, 4.69) is 48.2 Å². The molecule has 0 aromatic heterocycles. The lowest BCUT2D eigenvalue weighted by atomic mass is 9.93. The maximum absolute atomic E-state index is 13.4. The van der Waals surface area contributed by atoms with E-state index in [1.54, 1.807) is 14.2 Å². The summed E-state index contributed by atoms with van der Waals surface area (Å²) in [5.74, 6) is -0.997. The fourth-order valence-electron chi connectivity index (χ4n) is 4.45. The molecule has 0 radical (unpaired) electrons. The Hall–Kier alpha value is -2.66. The molecule has 0 aliphatic carbocycles. The van der Waals surface area contributed by atoms with Crippen LogP contribution in [0.2, 0.25) is 0 Å². The monoisotopic (exact) mass is 425 g/mol. The Kier molecular flexibility index (Phi) is 6.15. The third kappa shape index (κ3) is 4.52. The van der Waals surface area contributed by atoms with Gasteiger partial charge in [-0.25, -0.2) is 8.78 Å². The average molecular weight is 426 g/mol. The molecule has 1 saturated heterocycles. The zero-order valence-electron chi connectivity index (χ0n) is 18.4. The first-order chi connectivity index (χ1) is 14.9. The Labute approximate surface area is 182 Å². The van der Waals surface area contributed by atoms with Crippen molar-refractivity contribution in [3.05, 3.63) is 59.7 Å². The number of piperidine rings is 1. The number of rotatable bonds is 6. The van der Waals surface area contributed by atoms with Crippen LogP contribution in [0.3, 0.4) is 0 Å². The highest BCUT2D eigenvalue weighted by Gasteiger charge is 2.33. The third-order valence-electron chi connectivity index (χ3n) is 6.28. The molecule has 5 heteroatoms. The minimum atomic E-state index is -2.51. The van der Waals surface area contributed by atoms with Crippen molar-refractivity contribution >= 4 is 10.8 Å². The average Bonchev–Trinajstić information content (AvgIpc) is 2.77. The number of nitrogens with zero attached hydrogens (tertiary/aromatic N) is 1. The predicted octanol–water partition coefficient (Wildman–Crippen LogP) is 6.11. The van der Waals surface area contributed by atoms with Gasteiger partial charge < -0.3 is 14.4 Å². The smallest absolute Gasteiger partial charge is 0.250 e. The highest BCUT2D eigenvalue weighted by Crippen LogP contribution is 2.43. The Morgan fingerprint density at radius 1 is 0.903 bits per heavy atom. The lowest BCUT2D eigenvalue weighted by Gasteiger charge is -2.31. The molecule has 0 N–H and O–H groups in total. The van der Waals surface area contributed by atoms with Crippen molar-refractivity contribution in [1.82, 2.24) is 4.90 Å². The van der Waals surface area contributed by atoms with Gasteiger partial charge in [-0.15, -0.1) is 0 Å². The van der Waals surface area contributed by atoms with Gasteiger partial charge in [-0.3, -0.25) is 0 Å². The molecule has 3 nitrogen and oxygen atoms in total. The van der Waals surface area contributed by atoms with Crippen molar-refractivity contribution in [2.45, 2.75) is 32.1 Å². The van der Waals surface area contributed by atoms with Gasteiger partial charge in [0.15, 0.2) is 0 Å². The summed E-state index contributed by atoms with van der Waals surface area (Å²) < 4.78 is 38.4. The zero-order chi connectivity index (χ0) is 22.0. The van der Waals surface area contributed by atoms with E-state index in [1.807, 2.05) is 12.1 Å². The van der Waals surface area contributed by atoms with Crippen molar-refractivity contribution in [2.75, 3.05) is 33.9 Å². The summed E-state index contributed by atoms with van der Waals surface area (Å²) in [7, 11) is 3.34. The fourth-order valence-corrected chi connectivity index (χ4v) is 4.45. The Balaban J connectivity index is 1.66. The Morgan fingerprint density at radius 2 is 1.52 bits per heavy atom. The van der Waals surface area contributed by atoms with E-state index >= 15 is 0 Å². The number of aryl methyl sites for hydroxylation is 1. The van der Waals surface area contributed by atoms with Crippen molar-refractivity contribution in [3.63, 3.8) is 0 Å². The van der Waals surface area contributed by atoms with Gasteiger partial charge in [0.1, 0.15) is 11.5 Å². The van der Waals surface area contributed by atoms with E-state index in [9.17, 15) is 8.78 Å². The van der Waals surface area contributed by atoms with Crippen molar-refractivity contribution in [1.29, 1.82) is 0 Å². The zero-order valence-corrected chi connectivity index (χ0v) is 18.4. The van der Waals surface area contributed by atoms with E-state index in [1.165, 1.54) is 10.9 Å². The number of ether oxygens (including phenoxy) is 2. The number of fused-ring (bicyclic) bond motifs is 1. The van der Waals surface area contributed by atoms with Crippen LogP contribution in [0.5, 0.6) is 11.5 Å². The quantitative estimate of drug-likeness (QED) is 0.476. The van der Waals surface area contributed by atoms with Gasteiger partial charge in [-0.2, -0.15) is 0 Å². The highest BCUT2D eigenvalue weighted by atomic mass is 19.3. The summed E-state index contributed by atoms with van der Waals surface area (Å²) >= 11 is 0. The van der Waals surface area contributed by atoms with Gasteiger partial charge in [0, 0.05) is 32.5 Å². The molecule has 3 aromatic carbocycles. The van der Waals surface area contributed by atoms with E-state index < -0.39 is 5.92 Å². The number of benzene rings is 3. The fraction of sp³-hybridized carbons (Fsp3) is 0.385. The molecule has 0 spiro atoms. The highest BCUT2D eigenvalue weighted by molar-refractivity contribution is 6.01. The number of methoxy groups -OCH3 is 2. The van der Waals surface area contributed by atoms with Crippen LogP contribution in [0.15, 0.2) is 48.5 Å². The molecule has 1 heterocycles. The molecule has 1 aliphatic heterocycles. The van der Waals surface area contributed by atoms with Crippen LogP contribution >= 0.6 is 0 Å². The normalized spacial score (nSPS) is 16.4. The molecular formula is C26H29F2NO2. The van der Waals surface area contributed by atoms with Crippen molar-refractivity contribution in [2.24, 2.45) is 0 Å². The SMILES string of the molecule is COc1cc(CCN2CCC(F)(F)CC2)cc(OC)c1-c1cccc2c(C)cccc12. The molecule has 164 valence electrons. The molecule has 4 rings (SSSR count). The lowest BCUT2D eigenvalue weighted by molar-refractivity contribution is -0.0548. The summed E-state index contributed by atoms with van der Waals surface area (Å²) in [6.07, 6.45) is 0.644. The molecule has 1 aliphatic rings. The number of hydrogen-bond donors (Lipinski definition) is 0. The van der Waals surface area contributed by atoms with Gasteiger partial charge in [0.25, 0.3) is 5.92 Å². The number of halogens is 2. The Morgan fingerprint density at radius 3 is 2.16 bits per heavy atom. The summed E-state index contributed by atoms with van der Waals surface area (Å²) in [5.41, 5.74) is 4.30. The number of likely N-dealkylation sites (tertiary alicyclic amines) is 1. The molecule has 0 atom stereocenters. The topological polar surface area (TPSA) is 21.7 Å². The molecule has 0 unspecified atom stereocenters. The van der Waals surface area contributed by atoms with Crippen LogP contribution in [0, 0.1) is 6.92 Å². The minimum Gasteiger partial charge on any atom is -0.496 e. The molecule has 1 fully saturated rings. The standard InChI is InChI=1S/C26H29F2NO2/c1-18-6-4-8-21-20(18)7-5-9-22(21)25-23(30-2)16-19(17-24(25)31-3)10-13-29-14-11-26(27,28)12-15-29/h4-9,16-17H,10-15H2,1-3H3. The Bertz CT molecular complexity index is 1050. The first-order valence-corrected chi connectivity index (χ1v) is 10.8. The van der Waals surface area contributed by atoms with Crippen LogP contribution in [-0.2, 0) is 6.42 Å². The van der Waals surface area contributed by atoms with E-state index in [-0.39, 0.29) is 12.8 Å². The number of hydrogen-bond acceptors (Lipinski definition) is 3. The van der Waals surface area contributed by atoms with Gasteiger partial charge in [-0.1, -0.05) is 36.4 Å². The second-order valence-corrected chi connectivity index (χ2v) is 8.30.